The minimum absolute atomic E-state index is 0.0708. The van der Waals surface area contributed by atoms with E-state index in [1.807, 2.05) is 54.6 Å². The summed E-state index contributed by atoms with van der Waals surface area (Å²) in [4.78, 5) is 28.0. The van der Waals surface area contributed by atoms with Crippen molar-refractivity contribution in [1.82, 2.24) is 14.9 Å². The van der Waals surface area contributed by atoms with Crippen LogP contribution in [0.5, 0.6) is 0 Å². The third-order valence-electron chi connectivity index (χ3n) is 4.15. The Morgan fingerprint density at radius 3 is 2.58 bits per heavy atom. The summed E-state index contributed by atoms with van der Waals surface area (Å²) in [5, 5.41) is 12.0. The molecule has 2 aromatic carbocycles. The lowest BCUT2D eigenvalue weighted by molar-refractivity contribution is -0.140. The van der Waals surface area contributed by atoms with E-state index in [0.717, 1.165) is 16.6 Å². The van der Waals surface area contributed by atoms with E-state index in [1.165, 1.54) is 0 Å². The number of para-hydroxylation sites is 2. The number of rotatable bonds is 6. The number of benzene rings is 2. The van der Waals surface area contributed by atoms with Crippen LogP contribution in [0.25, 0.3) is 11.0 Å². The zero-order chi connectivity index (χ0) is 18.5. The summed E-state index contributed by atoms with van der Waals surface area (Å²) in [5.74, 6) is -1.15. The molecule has 0 aliphatic heterocycles. The molecule has 0 aliphatic carbocycles. The molecule has 1 amide bonds. The van der Waals surface area contributed by atoms with Gasteiger partial charge in [-0.15, -0.1) is 0 Å². The summed E-state index contributed by atoms with van der Waals surface area (Å²) in [6, 6.07) is 14.9. The molecule has 3 rings (SSSR count). The van der Waals surface area contributed by atoms with Crippen LogP contribution >= 0.6 is 0 Å². The summed E-state index contributed by atoms with van der Waals surface area (Å²) < 4.78 is 6.85. The summed E-state index contributed by atoms with van der Waals surface area (Å²) in [6.07, 6.45) is 0.792. The van der Waals surface area contributed by atoms with Gasteiger partial charge in [-0.1, -0.05) is 42.5 Å². The number of amides is 1. The molecule has 7 heteroatoms. The maximum Gasteiger partial charge on any atom is 0.408 e. The van der Waals surface area contributed by atoms with E-state index in [9.17, 15) is 14.7 Å². The number of hydrogen-bond acceptors (Lipinski definition) is 4. The largest absolute Gasteiger partial charge is 0.480 e. The van der Waals surface area contributed by atoms with E-state index in [4.69, 9.17) is 4.74 Å². The molecule has 0 aliphatic rings. The number of hydrogen-bond donors (Lipinski definition) is 2. The van der Waals surface area contributed by atoms with Crippen molar-refractivity contribution in [3.8, 4) is 0 Å². The number of imidazole rings is 1. The van der Waals surface area contributed by atoms with E-state index in [2.05, 4.69) is 10.3 Å². The van der Waals surface area contributed by atoms with Crippen LogP contribution in [0.3, 0.4) is 0 Å². The van der Waals surface area contributed by atoms with Gasteiger partial charge < -0.3 is 19.7 Å². The third kappa shape index (κ3) is 3.83. The second-order valence-corrected chi connectivity index (χ2v) is 5.90. The Kier molecular flexibility index (Phi) is 5.17. The summed E-state index contributed by atoms with van der Waals surface area (Å²) in [5.41, 5.74) is 2.38. The monoisotopic (exact) mass is 353 g/mol. The van der Waals surface area contributed by atoms with Gasteiger partial charge in [-0.2, -0.15) is 0 Å². The number of nitrogens with zero attached hydrogens (tertiary/aromatic N) is 2. The van der Waals surface area contributed by atoms with Gasteiger partial charge in [-0.05, 0) is 24.6 Å². The fourth-order valence-electron chi connectivity index (χ4n) is 2.74. The topological polar surface area (TPSA) is 93.5 Å². The molecule has 1 aromatic heterocycles. The molecule has 0 bridgehead atoms. The predicted molar refractivity (Wildman–Crippen MR) is 95.6 cm³/mol. The fourth-order valence-corrected chi connectivity index (χ4v) is 2.74. The number of carboxylic acids is 1. The molecular weight excluding hydrogens is 334 g/mol. The van der Waals surface area contributed by atoms with Crippen LogP contribution < -0.4 is 5.32 Å². The highest BCUT2D eigenvalue weighted by molar-refractivity contribution is 5.81. The molecule has 2 unspecified atom stereocenters. The predicted octanol–water partition coefficient (Wildman–Crippen LogP) is 2.98. The Morgan fingerprint density at radius 1 is 1.15 bits per heavy atom. The smallest absolute Gasteiger partial charge is 0.408 e. The Balaban J connectivity index is 1.70. The van der Waals surface area contributed by atoms with Gasteiger partial charge in [0.2, 0.25) is 0 Å². The lowest BCUT2D eigenvalue weighted by Gasteiger charge is -2.23. The van der Waals surface area contributed by atoms with Crippen molar-refractivity contribution in [3.63, 3.8) is 0 Å². The number of aromatic nitrogens is 2. The highest BCUT2D eigenvalue weighted by Crippen LogP contribution is 2.20. The van der Waals surface area contributed by atoms with Gasteiger partial charge >= 0.3 is 12.1 Å². The number of aliphatic carboxylic acids is 1. The van der Waals surface area contributed by atoms with Crippen LogP contribution in [0.2, 0.25) is 0 Å². The number of carbonyl (C=O) groups is 2. The molecule has 2 N–H and O–H groups in total. The number of fused-ring (bicyclic) bond motifs is 1. The van der Waals surface area contributed by atoms with Gasteiger partial charge in [0, 0.05) is 0 Å². The highest BCUT2D eigenvalue weighted by atomic mass is 16.5. The van der Waals surface area contributed by atoms with Gasteiger partial charge in [-0.3, -0.25) is 0 Å². The number of nitrogens with one attached hydrogen (secondary N) is 1. The fraction of sp³-hybridized carbons (Fsp3) is 0.211. The molecule has 2 atom stereocenters. The first-order valence-corrected chi connectivity index (χ1v) is 8.18. The van der Waals surface area contributed by atoms with Crippen molar-refractivity contribution < 1.29 is 19.4 Å². The molecule has 7 nitrogen and oxygen atoms in total. The van der Waals surface area contributed by atoms with Crippen LogP contribution in [0.1, 0.15) is 18.5 Å². The van der Waals surface area contributed by atoms with Gasteiger partial charge in [0.25, 0.3) is 0 Å². The van der Waals surface area contributed by atoms with Gasteiger partial charge in [0.1, 0.15) is 6.61 Å². The maximum absolute atomic E-state index is 12.0. The van der Waals surface area contributed by atoms with E-state index < -0.39 is 24.1 Å². The molecule has 0 saturated heterocycles. The third-order valence-corrected chi connectivity index (χ3v) is 4.15. The Labute approximate surface area is 150 Å². The van der Waals surface area contributed by atoms with Crippen molar-refractivity contribution in [2.75, 3.05) is 0 Å². The molecule has 0 fully saturated rings. The van der Waals surface area contributed by atoms with E-state index in [1.54, 1.807) is 17.8 Å². The van der Waals surface area contributed by atoms with E-state index in [0.29, 0.717) is 0 Å². The standard InChI is InChI=1S/C19H19N3O4/c1-13(22-12-20-15-9-5-6-10-16(15)22)17(18(23)24)21-19(25)26-11-14-7-3-2-4-8-14/h2-10,12-13,17H,11H2,1H3,(H,21,25)(H,23,24). The normalized spacial score (nSPS) is 13.1. The number of alkyl carbamates (subject to hydrolysis) is 1. The van der Waals surface area contributed by atoms with E-state index in [-0.39, 0.29) is 6.61 Å². The lowest BCUT2D eigenvalue weighted by Crippen LogP contribution is -2.45. The van der Waals surface area contributed by atoms with Gasteiger partial charge in [0.05, 0.1) is 23.4 Å². The first kappa shape index (κ1) is 17.5. The maximum atomic E-state index is 12.0. The first-order chi connectivity index (χ1) is 12.6. The molecule has 3 aromatic rings. The minimum atomic E-state index is -1.16. The summed E-state index contributed by atoms with van der Waals surface area (Å²) >= 11 is 0. The second kappa shape index (κ2) is 7.69. The second-order valence-electron chi connectivity index (χ2n) is 5.90. The van der Waals surface area contributed by atoms with Crippen LogP contribution in [0, 0.1) is 0 Å². The van der Waals surface area contributed by atoms with Gasteiger partial charge in [0.15, 0.2) is 6.04 Å². The van der Waals surface area contributed by atoms with Crippen molar-refractivity contribution in [2.24, 2.45) is 0 Å². The van der Waals surface area contributed by atoms with Crippen molar-refractivity contribution >= 4 is 23.1 Å². The number of carbonyl (C=O) groups excluding carboxylic acids is 1. The molecule has 134 valence electrons. The summed E-state index contributed by atoms with van der Waals surface area (Å²) in [7, 11) is 0. The Morgan fingerprint density at radius 2 is 1.85 bits per heavy atom. The zero-order valence-corrected chi connectivity index (χ0v) is 14.2. The van der Waals surface area contributed by atoms with Crippen LogP contribution in [0.4, 0.5) is 4.79 Å². The highest BCUT2D eigenvalue weighted by Gasteiger charge is 2.29. The Bertz CT molecular complexity index is 907. The number of ether oxygens (including phenoxy) is 1. The average Bonchev–Trinajstić information content (AvgIpc) is 3.08. The Hall–Kier alpha value is -3.35. The molecule has 0 radical (unpaired) electrons. The van der Waals surface area contributed by atoms with E-state index >= 15 is 0 Å². The van der Waals surface area contributed by atoms with Crippen molar-refractivity contribution in [1.29, 1.82) is 0 Å². The molecule has 0 saturated carbocycles. The minimum Gasteiger partial charge on any atom is -0.480 e. The van der Waals surface area contributed by atoms with Crippen LogP contribution in [-0.4, -0.2) is 32.8 Å². The van der Waals surface area contributed by atoms with Gasteiger partial charge in [-0.25, -0.2) is 14.6 Å². The molecule has 0 spiro atoms. The number of carboxylic acid groups (broad SMARTS) is 1. The van der Waals surface area contributed by atoms with Crippen molar-refractivity contribution in [2.45, 2.75) is 25.6 Å². The average molecular weight is 353 g/mol. The molecule has 26 heavy (non-hydrogen) atoms. The molecule has 1 heterocycles. The summed E-state index contributed by atoms with van der Waals surface area (Å²) in [6.45, 7) is 1.78. The SMILES string of the molecule is CC(C(NC(=O)OCc1ccccc1)C(=O)O)n1cnc2ccccc21. The van der Waals surface area contributed by atoms with Crippen molar-refractivity contribution in [3.05, 3.63) is 66.5 Å². The van der Waals surface area contributed by atoms with Crippen LogP contribution in [-0.2, 0) is 16.1 Å². The lowest BCUT2D eigenvalue weighted by atomic mass is 10.1. The van der Waals surface area contributed by atoms with Crippen LogP contribution in [0.15, 0.2) is 60.9 Å². The molecular formula is C19H19N3O4. The zero-order valence-electron chi connectivity index (χ0n) is 14.2. The first-order valence-electron chi connectivity index (χ1n) is 8.18. The quantitative estimate of drug-likeness (QED) is 0.710.